The van der Waals surface area contributed by atoms with Gasteiger partial charge in [-0.3, -0.25) is 0 Å². The fourth-order valence-corrected chi connectivity index (χ4v) is 3.78. The van der Waals surface area contributed by atoms with Crippen molar-refractivity contribution in [1.29, 1.82) is 0 Å². The highest BCUT2D eigenvalue weighted by Crippen LogP contribution is 2.48. The zero-order valence-electron chi connectivity index (χ0n) is 13.2. The Morgan fingerprint density at radius 1 is 1.00 bits per heavy atom. The van der Waals surface area contributed by atoms with Crippen LogP contribution in [0.2, 0.25) is 0 Å². The molecule has 1 atom stereocenters. The fraction of sp³-hybridized carbons (Fsp3) is 0.200. The maximum Gasteiger partial charge on any atom is 0.172 e. The van der Waals surface area contributed by atoms with Gasteiger partial charge in [-0.25, -0.2) is 0 Å². The summed E-state index contributed by atoms with van der Waals surface area (Å²) >= 11 is 0. The van der Waals surface area contributed by atoms with Crippen LogP contribution in [0.15, 0.2) is 42.5 Å². The van der Waals surface area contributed by atoms with Gasteiger partial charge in [0, 0.05) is 35.7 Å². The molecule has 1 unspecified atom stereocenters. The number of rotatable bonds is 0. The molecular formula is C20H17NO2. The second-order valence-electron chi connectivity index (χ2n) is 6.36. The van der Waals surface area contributed by atoms with Crippen molar-refractivity contribution in [3.8, 4) is 23.0 Å². The number of aryl methyl sites for hydroxylation is 1. The summed E-state index contributed by atoms with van der Waals surface area (Å²) in [5.41, 5.74) is 3.89. The molecule has 0 spiro atoms. The topological polar surface area (TPSA) is 23.4 Å². The number of hydrogen-bond donors (Lipinski definition) is 0. The van der Waals surface area contributed by atoms with Crippen molar-refractivity contribution in [1.82, 2.24) is 4.57 Å². The summed E-state index contributed by atoms with van der Waals surface area (Å²) in [6.07, 6.45) is 5.59. The molecular weight excluding hydrogens is 286 g/mol. The minimum absolute atomic E-state index is 0.531. The fourth-order valence-electron chi connectivity index (χ4n) is 3.78. The number of para-hydroxylation sites is 2. The van der Waals surface area contributed by atoms with Crippen LogP contribution in [0.5, 0.6) is 23.0 Å². The summed E-state index contributed by atoms with van der Waals surface area (Å²) in [4.78, 5) is 0. The molecule has 3 nitrogen and oxygen atoms in total. The molecule has 2 aliphatic rings. The minimum atomic E-state index is 0.531. The normalized spacial score (nSPS) is 17.9. The number of hydrogen-bond acceptors (Lipinski definition) is 2. The number of benzene rings is 2. The molecule has 0 amide bonds. The summed E-state index contributed by atoms with van der Waals surface area (Å²) < 4.78 is 14.4. The first-order chi connectivity index (χ1) is 11.2. The third-order valence-corrected chi connectivity index (χ3v) is 4.88. The summed E-state index contributed by atoms with van der Waals surface area (Å²) in [6.45, 7) is 2.28. The summed E-state index contributed by atoms with van der Waals surface area (Å²) in [7, 11) is 2.14. The molecule has 0 radical (unpaired) electrons. The molecule has 3 aromatic rings. The highest BCUT2D eigenvalue weighted by atomic mass is 16.6. The van der Waals surface area contributed by atoms with Crippen LogP contribution in [0.25, 0.3) is 17.0 Å². The lowest BCUT2D eigenvalue weighted by atomic mass is 9.93. The van der Waals surface area contributed by atoms with Crippen molar-refractivity contribution >= 4 is 17.0 Å². The molecule has 1 aliphatic carbocycles. The predicted octanol–water partition coefficient (Wildman–Crippen LogP) is 5.60. The highest BCUT2D eigenvalue weighted by Gasteiger charge is 2.25. The Morgan fingerprint density at radius 3 is 2.43 bits per heavy atom. The van der Waals surface area contributed by atoms with Crippen LogP contribution in [0.3, 0.4) is 0 Å². The monoisotopic (exact) mass is 303 g/mol. The zero-order valence-corrected chi connectivity index (χ0v) is 13.2. The van der Waals surface area contributed by atoms with Crippen molar-refractivity contribution in [2.45, 2.75) is 19.3 Å². The van der Waals surface area contributed by atoms with E-state index in [-0.39, 0.29) is 0 Å². The average Bonchev–Trinajstić information content (AvgIpc) is 2.84. The van der Waals surface area contributed by atoms with Gasteiger partial charge in [0.05, 0.1) is 5.52 Å². The first-order valence-corrected chi connectivity index (χ1v) is 8.00. The van der Waals surface area contributed by atoms with Gasteiger partial charge in [0.2, 0.25) is 0 Å². The van der Waals surface area contributed by atoms with E-state index in [1.165, 1.54) is 22.2 Å². The third-order valence-electron chi connectivity index (χ3n) is 4.88. The van der Waals surface area contributed by atoms with E-state index < -0.39 is 0 Å². The van der Waals surface area contributed by atoms with Gasteiger partial charge < -0.3 is 14.0 Å². The molecule has 0 N–H and O–H groups in total. The van der Waals surface area contributed by atoms with Gasteiger partial charge in [0.15, 0.2) is 23.0 Å². The van der Waals surface area contributed by atoms with Gasteiger partial charge in [-0.05, 0) is 24.6 Å². The number of fused-ring (bicyclic) bond motifs is 5. The molecule has 3 heteroatoms. The van der Waals surface area contributed by atoms with Crippen LogP contribution < -0.4 is 9.47 Å². The van der Waals surface area contributed by atoms with Crippen LogP contribution in [0, 0.1) is 0 Å². The molecule has 2 aromatic carbocycles. The molecule has 5 rings (SSSR count). The van der Waals surface area contributed by atoms with E-state index in [0.29, 0.717) is 5.92 Å². The predicted molar refractivity (Wildman–Crippen MR) is 91.6 cm³/mol. The number of nitrogens with zero attached hydrogens (tertiary/aromatic N) is 1. The van der Waals surface area contributed by atoms with Crippen molar-refractivity contribution in [2.24, 2.45) is 7.05 Å². The summed E-state index contributed by atoms with van der Waals surface area (Å²) in [5.74, 6) is 3.64. The van der Waals surface area contributed by atoms with Crippen LogP contribution in [0.1, 0.15) is 30.5 Å². The molecule has 1 aromatic heterocycles. The van der Waals surface area contributed by atoms with Crippen LogP contribution >= 0.6 is 0 Å². The zero-order chi connectivity index (χ0) is 15.6. The number of ether oxygens (including phenoxy) is 2. The number of allylic oxidation sites excluding steroid dienone is 1. The quantitative estimate of drug-likeness (QED) is 0.422. The lowest BCUT2D eigenvalue weighted by molar-refractivity contribution is 0.360. The summed E-state index contributed by atoms with van der Waals surface area (Å²) in [6, 6.07) is 12.0. The van der Waals surface area contributed by atoms with E-state index in [1.807, 2.05) is 24.3 Å². The van der Waals surface area contributed by atoms with Crippen molar-refractivity contribution < 1.29 is 9.47 Å². The first kappa shape index (κ1) is 12.8. The van der Waals surface area contributed by atoms with E-state index >= 15 is 0 Å². The van der Waals surface area contributed by atoms with Gasteiger partial charge in [-0.15, -0.1) is 0 Å². The standard InChI is InChI=1S/C20H17NO2/c1-12-6-5-7-13-14-10-18-19(11-15(14)21(2)20(12)13)23-17-9-4-3-8-16(17)22-18/h3-5,7-12H,6H2,1-2H3. The van der Waals surface area contributed by atoms with Crippen molar-refractivity contribution in [3.63, 3.8) is 0 Å². The first-order valence-electron chi connectivity index (χ1n) is 8.00. The van der Waals surface area contributed by atoms with Gasteiger partial charge in [0.25, 0.3) is 0 Å². The van der Waals surface area contributed by atoms with Crippen LogP contribution in [0.4, 0.5) is 0 Å². The van der Waals surface area contributed by atoms with Gasteiger partial charge in [-0.2, -0.15) is 0 Å². The Labute approximate surface area is 134 Å². The smallest absolute Gasteiger partial charge is 0.172 e. The maximum absolute atomic E-state index is 6.05. The lowest BCUT2D eigenvalue weighted by Gasteiger charge is -2.20. The molecule has 2 heterocycles. The molecule has 0 saturated carbocycles. The van der Waals surface area contributed by atoms with Gasteiger partial charge >= 0.3 is 0 Å². The van der Waals surface area contributed by atoms with Crippen LogP contribution in [-0.4, -0.2) is 4.57 Å². The molecule has 1 aliphatic heterocycles. The molecule has 0 fully saturated rings. The second-order valence-corrected chi connectivity index (χ2v) is 6.36. The Hall–Kier alpha value is -2.68. The van der Waals surface area contributed by atoms with Crippen molar-refractivity contribution in [2.75, 3.05) is 0 Å². The van der Waals surface area contributed by atoms with Crippen LogP contribution in [-0.2, 0) is 7.05 Å². The van der Waals surface area contributed by atoms with Crippen molar-refractivity contribution in [3.05, 3.63) is 53.7 Å². The number of aromatic nitrogens is 1. The molecule has 23 heavy (non-hydrogen) atoms. The van der Waals surface area contributed by atoms with E-state index in [9.17, 15) is 0 Å². The molecule has 0 bridgehead atoms. The average molecular weight is 303 g/mol. The second kappa shape index (κ2) is 4.42. The Morgan fingerprint density at radius 2 is 1.70 bits per heavy atom. The van der Waals surface area contributed by atoms with Gasteiger partial charge in [-0.1, -0.05) is 31.2 Å². The minimum Gasteiger partial charge on any atom is -0.449 e. The highest BCUT2D eigenvalue weighted by molar-refractivity contribution is 5.94. The summed E-state index contributed by atoms with van der Waals surface area (Å²) in [5, 5.41) is 1.23. The largest absolute Gasteiger partial charge is 0.449 e. The van der Waals surface area contributed by atoms with E-state index in [4.69, 9.17) is 9.47 Å². The molecule has 114 valence electrons. The van der Waals surface area contributed by atoms with E-state index in [1.54, 1.807) is 0 Å². The maximum atomic E-state index is 6.05. The SMILES string of the molecule is CC1CC=Cc2c1n(C)c1cc3c(cc21)Oc1ccccc1O3. The van der Waals surface area contributed by atoms with Gasteiger partial charge in [0.1, 0.15) is 0 Å². The van der Waals surface area contributed by atoms with E-state index in [2.05, 4.69) is 42.8 Å². The lowest BCUT2D eigenvalue weighted by Crippen LogP contribution is -2.04. The Bertz CT molecular complexity index is 981. The Kier molecular flexibility index (Phi) is 2.46. The Balaban J connectivity index is 1.76. The molecule has 0 saturated heterocycles. The third kappa shape index (κ3) is 1.70. The van der Waals surface area contributed by atoms with E-state index in [0.717, 1.165) is 29.4 Å².